The number of nitrogens with zero attached hydrogens (tertiary/aromatic N) is 2. The van der Waals surface area contributed by atoms with Crippen molar-refractivity contribution in [1.29, 1.82) is 0 Å². The fourth-order valence-corrected chi connectivity index (χ4v) is 6.07. The minimum Gasteiger partial charge on any atom is -0.378 e. The molecule has 4 heterocycles. The maximum absolute atomic E-state index is 12.6. The largest absolute Gasteiger partial charge is 0.378 e. The average molecular weight is 406 g/mol. The molecule has 162 valence electrons. The Bertz CT molecular complexity index is 627. The lowest BCUT2D eigenvalue weighted by Crippen LogP contribution is -2.57. The van der Waals surface area contributed by atoms with Crippen molar-refractivity contribution in [1.82, 2.24) is 26.1 Å². The molecule has 4 saturated heterocycles. The first-order chi connectivity index (χ1) is 14.2. The molecule has 3 N–H and O–H groups in total. The minimum absolute atomic E-state index is 0.0561. The lowest BCUT2D eigenvalue weighted by Gasteiger charge is -2.42. The highest BCUT2D eigenvalue weighted by molar-refractivity contribution is 5.77. The number of carbonyl (C=O) groups is 1. The topological polar surface area (TPSA) is 78.1 Å². The normalized spacial score (nSPS) is 44.1. The molecule has 6 atom stereocenters. The number of rotatable bonds is 5. The van der Waals surface area contributed by atoms with E-state index in [-0.39, 0.29) is 12.4 Å². The second-order valence-electron chi connectivity index (χ2n) is 10.2. The first-order valence-electron chi connectivity index (χ1n) is 11.8. The molecule has 6 aliphatic rings. The SMILES string of the molecule is O=C1CC(C2NOC(C3CCC4CNN(C5COC5)C4C3)N2)CCN1CC1CC1. The van der Waals surface area contributed by atoms with Crippen molar-refractivity contribution < 1.29 is 14.4 Å². The minimum atomic E-state index is 0.0561. The van der Waals surface area contributed by atoms with Gasteiger partial charge in [-0.1, -0.05) is 0 Å². The van der Waals surface area contributed by atoms with Crippen LogP contribution >= 0.6 is 0 Å². The number of hydroxylamine groups is 1. The van der Waals surface area contributed by atoms with E-state index in [0.29, 0.717) is 36.2 Å². The Balaban J connectivity index is 1.02. The molecule has 8 heteroatoms. The van der Waals surface area contributed by atoms with Crippen LogP contribution in [0.4, 0.5) is 0 Å². The predicted molar refractivity (Wildman–Crippen MR) is 106 cm³/mol. The molecule has 29 heavy (non-hydrogen) atoms. The van der Waals surface area contributed by atoms with Crippen LogP contribution in [0, 0.1) is 23.7 Å². The van der Waals surface area contributed by atoms with Crippen molar-refractivity contribution in [2.75, 3.05) is 32.8 Å². The molecule has 0 spiro atoms. The molecule has 0 radical (unpaired) electrons. The summed E-state index contributed by atoms with van der Waals surface area (Å²) in [7, 11) is 0. The highest BCUT2D eigenvalue weighted by Gasteiger charge is 2.47. The van der Waals surface area contributed by atoms with Crippen LogP contribution in [0.3, 0.4) is 0 Å². The third kappa shape index (κ3) is 3.72. The number of hydrogen-bond donors (Lipinski definition) is 3. The Kier molecular flexibility index (Phi) is 5.05. The van der Waals surface area contributed by atoms with Gasteiger partial charge in [-0.3, -0.25) is 20.4 Å². The molecular weight excluding hydrogens is 370 g/mol. The summed E-state index contributed by atoms with van der Waals surface area (Å²) in [6.07, 6.45) is 8.11. The number of likely N-dealkylation sites (tertiary alicyclic amines) is 1. The van der Waals surface area contributed by atoms with Crippen LogP contribution in [0.15, 0.2) is 0 Å². The van der Waals surface area contributed by atoms with Crippen LogP contribution in [-0.2, 0) is 14.4 Å². The van der Waals surface area contributed by atoms with E-state index in [1.54, 1.807) is 0 Å². The summed E-state index contributed by atoms with van der Waals surface area (Å²) in [5.74, 6) is 2.71. The van der Waals surface area contributed by atoms with Gasteiger partial charge in [0.25, 0.3) is 0 Å². The molecule has 6 rings (SSSR count). The molecule has 2 saturated carbocycles. The van der Waals surface area contributed by atoms with E-state index in [9.17, 15) is 4.79 Å². The Morgan fingerprint density at radius 1 is 1.03 bits per heavy atom. The number of piperidine rings is 1. The van der Waals surface area contributed by atoms with Crippen molar-refractivity contribution in [2.45, 2.75) is 69.4 Å². The average Bonchev–Trinajstić information content (AvgIpc) is 3.21. The summed E-state index contributed by atoms with van der Waals surface area (Å²) in [4.78, 5) is 20.7. The predicted octanol–water partition coefficient (Wildman–Crippen LogP) is 0.416. The number of ether oxygens (including phenoxy) is 1. The molecular formula is C21H35N5O3. The molecule has 0 aromatic heterocycles. The summed E-state index contributed by atoms with van der Waals surface area (Å²) in [5, 5.41) is 6.18. The van der Waals surface area contributed by atoms with Crippen molar-refractivity contribution in [3.8, 4) is 0 Å². The zero-order chi connectivity index (χ0) is 19.4. The van der Waals surface area contributed by atoms with Crippen LogP contribution in [0.1, 0.15) is 44.9 Å². The first-order valence-corrected chi connectivity index (χ1v) is 11.8. The molecule has 4 aliphatic heterocycles. The van der Waals surface area contributed by atoms with E-state index < -0.39 is 0 Å². The molecule has 0 bridgehead atoms. The van der Waals surface area contributed by atoms with E-state index in [1.165, 1.54) is 32.1 Å². The second kappa shape index (κ2) is 7.73. The Labute approximate surface area is 172 Å². The first kappa shape index (κ1) is 19.0. The van der Waals surface area contributed by atoms with Gasteiger partial charge in [-0.05, 0) is 56.3 Å². The lowest BCUT2D eigenvalue weighted by molar-refractivity contribution is -0.136. The van der Waals surface area contributed by atoms with Gasteiger partial charge in [0, 0.05) is 38.0 Å². The summed E-state index contributed by atoms with van der Waals surface area (Å²) in [6.45, 7) is 4.71. The van der Waals surface area contributed by atoms with E-state index in [0.717, 1.165) is 51.1 Å². The van der Waals surface area contributed by atoms with Gasteiger partial charge in [0.1, 0.15) is 6.23 Å². The van der Waals surface area contributed by atoms with E-state index >= 15 is 0 Å². The van der Waals surface area contributed by atoms with Crippen LogP contribution in [-0.4, -0.2) is 73.1 Å². The van der Waals surface area contributed by atoms with Gasteiger partial charge in [-0.15, -0.1) is 0 Å². The monoisotopic (exact) mass is 405 g/mol. The highest BCUT2D eigenvalue weighted by Crippen LogP contribution is 2.39. The Hall–Kier alpha value is -0.770. The zero-order valence-corrected chi connectivity index (χ0v) is 17.2. The fraction of sp³-hybridized carbons (Fsp3) is 0.952. The highest BCUT2D eigenvalue weighted by atomic mass is 16.7. The maximum atomic E-state index is 12.6. The fourth-order valence-electron chi connectivity index (χ4n) is 6.07. The molecule has 0 aromatic carbocycles. The smallest absolute Gasteiger partial charge is 0.222 e. The third-order valence-corrected chi connectivity index (χ3v) is 8.20. The molecule has 8 nitrogen and oxygen atoms in total. The molecule has 2 aliphatic carbocycles. The lowest BCUT2D eigenvalue weighted by atomic mass is 9.77. The second-order valence-corrected chi connectivity index (χ2v) is 10.2. The van der Waals surface area contributed by atoms with Crippen LogP contribution in [0.2, 0.25) is 0 Å². The van der Waals surface area contributed by atoms with E-state index in [2.05, 4.69) is 26.1 Å². The number of nitrogens with one attached hydrogen (secondary N) is 3. The number of carbonyl (C=O) groups excluding carboxylic acids is 1. The maximum Gasteiger partial charge on any atom is 0.222 e. The Morgan fingerprint density at radius 3 is 2.66 bits per heavy atom. The molecule has 0 aromatic rings. The zero-order valence-electron chi connectivity index (χ0n) is 17.2. The quantitative estimate of drug-likeness (QED) is 0.612. The number of amides is 1. The third-order valence-electron chi connectivity index (χ3n) is 8.20. The summed E-state index contributed by atoms with van der Waals surface area (Å²) >= 11 is 0. The summed E-state index contributed by atoms with van der Waals surface area (Å²) < 4.78 is 5.42. The van der Waals surface area contributed by atoms with Crippen molar-refractivity contribution >= 4 is 5.91 Å². The number of hydrazine groups is 1. The molecule has 6 fully saturated rings. The summed E-state index contributed by atoms with van der Waals surface area (Å²) in [6, 6.07) is 1.14. The van der Waals surface area contributed by atoms with Gasteiger partial charge >= 0.3 is 0 Å². The van der Waals surface area contributed by atoms with Crippen LogP contribution < -0.4 is 16.2 Å². The molecule has 1 amide bonds. The van der Waals surface area contributed by atoms with Crippen molar-refractivity contribution in [3.63, 3.8) is 0 Å². The summed E-state index contributed by atoms with van der Waals surface area (Å²) in [5.41, 5.74) is 6.88. The van der Waals surface area contributed by atoms with Crippen LogP contribution in [0.5, 0.6) is 0 Å². The number of fused-ring (bicyclic) bond motifs is 1. The number of hydrogen-bond acceptors (Lipinski definition) is 7. The van der Waals surface area contributed by atoms with Gasteiger partial charge in [0.15, 0.2) is 0 Å². The van der Waals surface area contributed by atoms with Crippen LogP contribution in [0.25, 0.3) is 0 Å². The van der Waals surface area contributed by atoms with E-state index in [4.69, 9.17) is 9.57 Å². The van der Waals surface area contributed by atoms with Gasteiger partial charge in [-0.2, -0.15) is 5.48 Å². The molecule has 6 unspecified atom stereocenters. The standard InChI is InChI=1S/C21H35N5O3/c27-19-8-14(5-6-25(19)10-13-1-2-13)20-23-21(29-24-20)15-3-4-16-9-22-26(18(16)7-15)17-11-28-12-17/h13-18,20-24H,1-12H2. The Morgan fingerprint density at radius 2 is 1.90 bits per heavy atom. The van der Waals surface area contributed by atoms with Gasteiger partial charge < -0.3 is 9.64 Å². The van der Waals surface area contributed by atoms with Crippen molar-refractivity contribution in [3.05, 3.63) is 0 Å². The van der Waals surface area contributed by atoms with Gasteiger partial charge in [0.05, 0.1) is 25.4 Å². The van der Waals surface area contributed by atoms with E-state index in [1.807, 2.05) is 0 Å². The van der Waals surface area contributed by atoms with Gasteiger partial charge in [-0.25, -0.2) is 5.01 Å². The van der Waals surface area contributed by atoms with Gasteiger partial charge in [0.2, 0.25) is 5.91 Å². The van der Waals surface area contributed by atoms with Crippen molar-refractivity contribution in [2.24, 2.45) is 23.7 Å².